The third kappa shape index (κ3) is 13.8. The van der Waals surface area contributed by atoms with Crippen molar-refractivity contribution in [1.82, 2.24) is 29.8 Å². The number of halogens is 1. The number of rotatable bonds is 23. The molecule has 2 aromatic heterocycles. The maximum Gasteiger partial charge on any atom is 0.306 e. The standard InChI is InChI=1S/C32H48FN7O9S/c1-32(2,3)49-27(42)8-6-24(34)28(43)36-11-14-46-16-18-48-20-19-47-17-15-45-13-9-26(41)35-10-4-12-39-29(44)23-21-22(33)5-7-25(23)40-30(39)37-38-31(40)50/h5,7,21,24H,4,6,8-20,34H2,1-3H3,(H,35,41)(H,36,43)(H,38,50)/t24-/m0/s1. The van der Waals surface area contributed by atoms with Crippen LogP contribution in [0.5, 0.6) is 0 Å². The number of esters is 1. The average molecular weight is 726 g/mol. The van der Waals surface area contributed by atoms with Crippen molar-refractivity contribution in [2.45, 2.75) is 64.6 Å². The van der Waals surface area contributed by atoms with Crippen LogP contribution in [0.4, 0.5) is 4.39 Å². The quantitative estimate of drug-likeness (QED) is 0.0623. The minimum absolute atomic E-state index is 0.0671. The van der Waals surface area contributed by atoms with Gasteiger partial charge in [0.15, 0.2) is 0 Å². The molecule has 16 nitrogen and oxygen atoms in total. The molecule has 3 aromatic rings. The summed E-state index contributed by atoms with van der Waals surface area (Å²) in [6.45, 7) is 8.81. The van der Waals surface area contributed by atoms with Gasteiger partial charge in [0, 0.05) is 32.5 Å². The van der Waals surface area contributed by atoms with Gasteiger partial charge in [-0.1, -0.05) is 0 Å². The molecule has 278 valence electrons. The summed E-state index contributed by atoms with van der Waals surface area (Å²) >= 11 is 5.29. The van der Waals surface area contributed by atoms with Gasteiger partial charge < -0.3 is 40.1 Å². The van der Waals surface area contributed by atoms with Crippen LogP contribution >= 0.6 is 12.2 Å². The normalized spacial score (nSPS) is 12.3. The van der Waals surface area contributed by atoms with E-state index in [-0.39, 0.29) is 60.9 Å². The summed E-state index contributed by atoms with van der Waals surface area (Å²) in [6, 6.07) is 3.12. The molecule has 2 amide bonds. The summed E-state index contributed by atoms with van der Waals surface area (Å²) in [5.74, 6) is -1.15. The number of nitrogens with zero attached hydrogens (tertiary/aromatic N) is 3. The Balaban J connectivity index is 1.13. The van der Waals surface area contributed by atoms with Crippen LogP contribution < -0.4 is 21.9 Å². The van der Waals surface area contributed by atoms with E-state index in [4.69, 9.17) is 41.6 Å². The number of hydrogen-bond acceptors (Lipinski definition) is 12. The monoisotopic (exact) mass is 725 g/mol. The van der Waals surface area contributed by atoms with Crippen LogP contribution in [0.2, 0.25) is 0 Å². The molecule has 3 rings (SSSR count). The van der Waals surface area contributed by atoms with Gasteiger partial charge in [0.2, 0.25) is 22.4 Å². The maximum atomic E-state index is 13.8. The summed E-state index contributed by atoms with van der Waals surface area (Å²) in [6.07, 6.45) is 0.874. The molecular formula is C32H48FN7O9S. The van der Waals surface area contributed by atoms with Gasteiger partial charge in [-0.2, -0.15) is 0 Å². The highest BCUT2D eigenvalue weighted by atomic mass is 32.1. The minimum Gasteiger partial charge on any atom is -0.460 e. The fraction of sp³-hybridized carbons (Fsp3) is 0.625. The van der Waals surface area contributed by atoms with Crippen LogP contribution in [0.15, 0.2) is 23.0 Å². The fourth-order valence-corrected chi connectivity index (χ4v) is 4.88. The van der Waals surface area contributed by atoms with Gasteiger partial charge in [0.25, 0.3) is 5.56 Å². The van der Waals surface area contributed by atoms with Crippen molar-refractivity contribution in [1.29, 1.82) is 0 Å². The number of amides is 2. The summed E-state index contributed by atoms with van der Waals surface area (Å²) in [5, 5.41) is 12.5. The van der Waals surface area contributed by atoms with Crippen LogP contribution in [0.3, 0.4) is 0 Å². The molecule has 0 radical (unpaired) electrons. The first kappa shape index (κ1) is 40.6. The highest BCUT2D eigenvalue weighted by Crippen LogP contribution is 2.15. The Morgan fingerprint density at radius 2 is 1.60 bits per heavy atom. The Hall–Kier alpha value is -3.81. The Morgan fingerprint density at radius 3 is 2.26 bits per heavy atom. The first-order valence-electron chi connectivity index (χ1n) is 16.5. The zero-order valence-electron chi connectivity index (χ0n) is 28.8. The number of carbonyl (C=O) groups excluding carboxylic acids is 3. The molecule has 0 aliphatic carbocycles. The molecule has 1 atom stereocenters. The number of H-pyrrole nitrogens is 1. The van der Waals surface area contributed by atoms with Crippen molar-refractivity contribution in [2.24, 2.45) is 5.73 Å². The van der Waals surface area contributed by atoms with Crippen molar-refractivity contribution in [2.75, 3.05) is 65.9 Å². The maximum absolute atomic E-state index is 13.8. The van der Waals surface area contributed by atoms with Crippen molar-refractivity contribution in [3.8, 4) is 0 Å². The molecular weight excluding hydrogens is 677 g/mol. The molecule has 0 saturated carbocycles. The summed E-state index contributed by atoms with van der Waals surface area (Å²) < 4.78 is 44.1. The van der Waals surface area contributed by atoms with Gasteiger partial charge in [-0.15, -0.1) is 5.10 Å². The number of fused-ring (bicyclic) bond motifs is 3. The molecule has 0 aliphatic rings. The Labute approximate surface area is 294 Å². The number of aromatic amines is 1. The smallest absolute Gasteiger partial charge is 0.306 e. The number of hydrogen-bond donors (Lipinski definition) is 4. The molecule has 0 unspecified atom stereocenters. The zero-order valence-corrected chi connectivity index (χ0v) is 29.6. The summed E-state index contributed by atoms with van der Waals surface area (Å²) in [7, 11) is 0. The van der Waals surface area contributed by atoms with Crippen molar-refractivity contribution in [3.05, 3.63) is 39.1 Å². The molecule has 0 fully saturated rings. The average Bonchev–Trinajstić information content (AvgIpc) is 3.44. The molecule has 0 bridgehead atoms. The van der Waals surface area contributed by atoms with E-state index < -0.39 is 29.0 Å². The molecule has 50 heavy (non-hydrogen) atoms. The van der Waals surface area contributed by atoms with Crippen LogP contribution in [0.1, 0.15) is 46.5 Å². The summed E-state index contributed by atoms with van der Waals surface area (Å²) in [5.41, 5.74) is 5.32. The molecule has 5 N–H and O–H groups in total. The third-order valence-electron chi connectivity index (χ3n) is 7.00. The lowest BCUT2D eigenvalue weighted by molar-refractivity contribution is -0.155. The minimum atomic E-state index is -0.804. The van der Waals surface area contributed by atoms with E-state index in [9.17, 15) is 23.6 Å². The fourth-order valence-electron chi connectivity index (χ4n) is 4.65. The molecule has 18 heteroatoms. The SMILES string of the molecule is CC(C)(C)OC(=O)CC[C@H](N)C(=O)NCCOCCOCCOCCOCCC(=O)NCCCn1c(=O)c2cc(F)ccc2n2c(=S)[nH]nc12. The van der Waals surface area contributed by atoms with Gasteiger partial charge in [0.05, 0.1) is 69.8 Å². The van der Waals surface area contributed by atoms with Crippen molar-refractivity contribution in [3.63, 3.8) is 0 Å². The van der Waals surface area contributed by atoms with E-state index in [1.807, 2.05) is 0 Å². The van der Waals surface area contributed by atoms with E-state index in [0.717, 1.165) is 0 Å². The number of benzene rings is 1. The van der Waals surface area contributed by atoms with E-state index >= 15 is 0 Å². The number of ether oxygens (including phenoxy) is 5. The van der Waals surface area contributed by atoms with Gasteiger partial charge in [-0.05, 0) is 64.0 Å². The second kappa shape index (κ2) is 20.8. The first-order chi connectivity index (χ1) is 23.9. The van der Waals surface area contributed by atoms with Gasteiger partial charge >= 0.3 is 5.97 Å². The predicted octanol–water partition coefficient (Wildman–Crippen LogP) is 1.37. The van der Waals surface area contributed by atoms with Crippen LogP contribution in [-0.4, -0.2) is 115 Å². The number of aryl methyl sites for hydroxylation is 1. The largest absolute Gasteiger partial charge is 0.460 e. The Morgan fingerprint density at radius 1 is 0.960 bits per heavy atom. The summed E-state index contributed by atoms with van der Waals surface area (Å²) in [4.78, 5) is 49.0. The van der Waals surface area contributed by atoms with Crippen molar-refractivity contribution >= 4 is 46.7 Å². The Bertz CT molecular complexity index is 1670. The lowest BCUT2D eigenvalue weighted by Gasteiger charge is -2.20. The lowest BCUT2D eigenvalue weighted by Crippen LogP contribution is -2.42. The van der Waals surface area contributed by atoms with Gasteiger partial charge in [0.1, 0.15) is 11.4 Å². The third-order valence-corrected chi connectivity index (χ3v) is 7.28. The second-order valence-electron chi connectivity index (χ2n) is 12.2. The Kier molecular flexibility index (Phi) is 16.9. The highest BCUT2D eigenvalue weighted by molar-refractivity contribution is 7.71. The number of nitrogens with two attached hydrogens (primary N) is 1. The van der Waals surface area contributed by atoms with E-state index in [2.05, 4.69) is 20.8 Å². The molecule has 0 spiro atoms. The topological polar surface area (TPSA) is 203 Å². The first-order valence-corrected chi connectivity index (χ1v) is 16.9. The molecule has 0 aliphatic heterocycles. The highest BCUT2D eigenvalue weighted by Gasteiger charge is 2.19. The number of nitrogens with one attached hydrogen (secondary N) is 3. The zero-order chi connectivity index (χ0) is 36.5. The van der Waals surface area contributed by atoms with Crippen LogP contribution in [-0.2, 0) is 44.6 Å². The predicted molar refractivity (Wildman–Crippen MR) is 184 cm³/mol. The lowest BCUT2D eigenvalue weighted by atomic mass is 10.1. The van der Waals surface area contributed by atoms with Crippen LogP contribution in [0.25, 0.3) is 16.7 Å². The van der Waals surface area contributed by atoms with Gasteiger partial charge in [-0.25, -0.2) is 9.49 Å². The van der Waals surface area contributed by atoms with Crippen LogP contribution in [0, 0.1) is 10.6 Å². The van der Waals surface area contributed by atoms with E-state index in [1.165, 1.54) is 22.8 Å². The number of carbonyl (C=O) groups is 3. The molecule has 1 aromatic carbocycles. The van der Waals surface area contributed by atoms with E-state index in [0.29, 0.717) is 70.5 Å². The number of aromatic nitrogens is 4. The van der Waals surface area contributed by atoms with E-state index in [1.54, 1.807) is 25.2 Å². The van der Waals surface area contributed by atoms with Crippen molar-refractivity contribution < 1.29 is 42.5 Å². The second-order valence-corrected chi connectivity index (χ2v) is 12.6. The molecule has 2 heterocycles. The molecule has 0 saturated heterocycles. The van der Waals surface area contributed by atoms with Gasteiger partial charge in [-0.3, -0.25) is 28.1 Å².